The third kappa shape index (κ3) is 1.16. The topological polar surface area (TPSA) is 60.9 Å². The van der Waals surface area contributed by atoms with Crippen LogP contribution in [0.15, 0.2) is 42.6 Å². The molecule has 4 heteroatoms. The lowest BCUT2D eigenvalue weighted by Crippen LogP contribution is -2.22. The number of carbonyl (C=O) groups excluding carboxylic acids is 1. The summed E-state index contributed by atoms with van der Waals surface area (Å²) in [5.41, 5.74) is 6.99. The first kappa shape index (κ1) is 8.91. The minimum atomic E-state index is -0.577. The van der Waals surface area contributed by atoms with Gasteiger partial charge in [-0.3, -0.25) is 0 Å². The molecule has 78 valence electrons. The van der Waals surface area contributed by atoms with E-state index in [0.717, 1.165) is 26.7 Å². The SMILES string of the molecule is NC(=O)n1ccc2cc3ccccc3c-2n1. The Kier molecular flexibility index (Phi) is 1.71. The van der Waals surface area contributed by atoms with E-state index in [2.05, 4.69) is 5.10 Å². The zero-order valence-electron chi connectivity index (χ0n) is 8.42. The molecule has 2 aliphatic rings. The van der Waals surface area contributed by atoms with E-state index < -0.39 is 6.03 Å². The van der Waals surface area contributed by atoms with Gasteiger partial charge >= 0.3 is 6.03 Å². The van der Waals surface area contributed by atoms with E-state index in [9.17, 15) is 4.79 Å². The third-order valence-corrected chi connectivity index (χ3v) is 2.63. The Morgan fingerprint density at radius 2 is 2.06 bits per heavy atom. The van der Waals surface area contributed by atoms with E-state index >= 15 is 0 Å². The van der Waals surface area contributed by atoms with Crippen LogP contribution in [0.5, 0.6) is 0 Å². The number of benzene rings is 1. The molecule has 16 heavy (non-hydrogen) atoms. The first-order valence-electron chi connectivity index (χ1n) is 4.92. The molecule has 0 saturated heterocycles. The summed E-state index contributed by atoms with van der Waals surface area (Å²) in [5, 5.41) is 6.36. The van der Waals surface area contributed by atoms with E-state index in [0.29, 0.717) is 0 Å². The van der Waals surface area contributed by atoms with Gasteiger partial charge in [-0.1, -0.05) is 24.3 Å². The van der Waals surface area contributed by atoms with Gasteiger partial charge in [0.25, 0.3) is 0 Å². The molecular formula is C12H9N3O. The molecule has 1 heterocycles. The molecule has 1 aromatic rings. The molecule has 4 nitrogen and oxygen atoms in total. The van der Waals surface area contributed by atoms with E-state index in [1.807, 2.05) is 36.4 Å². The molecule has 0 atom stereocenters. The number of primary amides is 1. The second-order valence-electron chi connectivity index (χ2n) is 3.63. The monoisotopic (exact) mass is 211 g/mol. The standard InChI is InChI=1S/C12H9N3O/c13-12(16)15-6-5-9-7-8-3-1-2-4-10(8)11(9)14-15/h1-7H,(H2,13,16). The second kappa shape index (κ2) is 3.06. The van der Waals surface area contributed by atoms with Crippen molar-refractivity contribution in [2.75, 3.05) is 0 Å². The van der Waals surface area contributed by atoms with Crippen LogP contribution >= 0.6 is 0 Å². The Hall–Kier alpha value is -2.36. The van der Waals surface area contributed by atoms with Crippen molar-refractivity contribution in [2.45, 2.75) is 0 Å². The first-order valence-corrected chi connectivity index (χ1v) is 4.92. The summed E-state index contributed by atoms with van der Waals surface area (Å²) in [4.78, 5) is 11.0. The molecule has 3 rings (SSSR count). The average Bonchev–Trinajstić information content (AvgIpc) is 2.66. The number of fused-ring (bicyclic) bond motifs is 3. The Labute approximate surface area is 91.6 Å². The predicted octanol–water partition coefficient (Wildman–Crippen LogP) is 2.07. The zero-order valence-corrected chi connectivity index (χ0v) is 8.42. The fourth-order valence-electron chi connectivity index (χ4n) is 1.88. The van der Waals surface area contributed by atoms with E-state index in [1.165, 1.54) is 0 Å². The first-order chi connectivity index (χ1) is 7.75. The molecule has 0 fully saturated rings. The Morgan fingerprint density at radius 3 is 2.88 bits per heavy atom. The van der Waals surface area contributed by atoms with Gasteiger partial charge < -0.3 is 5.73 Å². The van der Waals surface area contributed by atoms with Crippen LogP contribution in [-0.4, -0.2) is 15.8 Å². The summed E-state index contributed by atoms with van der Waals surface area (Å²) in [7, 11) is 0. The van der Waals surface area contributed by atoms with Crippen LogP contribution in [0.25, 0.3) is 22.0 Å². The van der Waals surface area contributed by atoms with Gasteiger partial charge in [-0.2, -0.15) is 9.78 Å². The van der Waals surface area contributed by atoms with E-state index in [1.54, 1.807) is 6.20 Å². The largest absolute Gasteiger partial charge is 0.350 e. The fourth-order valence-corrected chi connectivity index (χ4v) is 1.88. The van der Waals surface area contributed by atoms with Crippen molar-refractivity contribution in [3.63, 3.8) is 0 Å². The average molecular weight is 211 g/mol. The predicted molar refractivity (Wildman–Crippen MR) is 61.3 cm³/mol. The van der Waals surface area contributed by atoms with Crippen molar-refractivity contribution in [3.8, 4) is 11.3 Å². The van der Waals surface area contributed by atoms with Crippen LogP contribution in [0.1, 0.15) is 0 Å². The fraction of sp³-hybridized carbons (Fsp3) is 0. The van der Waals surface area contributed by atoms with Crippen molar-refractivity contribution >= 4 is 16.8 Å². The van der Waals surface area contributed by atoms with Crippen LogP contribution in [0, 0.1) is 0 Å². The third-order valence-electron chi connectivity index (χ3n) is 2.63. The summed E-state index contributed by atoms with van der Waals surface area (Å²) in [5.74, 6) is 0. The Balaban J connectivity index is 2.40. The molecule has 1 aliphatic heterocycles. The number of nitrogens with zero attached hydrogens (tertiary/aromatic N) is 2. The van der Waals surface area contributed by atoms with Crippen molar-refractivity contribution in [2.24, 2.45) is 5.73 Å². The number of amides is 1. The quantitative estimate of drug-likeness (QED) is 0.618. The van der Waals surface area contributed by atoms with Crippen LogP contribution in [-0.2, 0) is 0 Å². The zero-order chi connectivity index (χ0) is 11.1. The lowest BCUT2D eigenvalue weighted by Gasteiger charge is -2.03. The maximum atomic E-state index is 11.0. The molecule has 0 saturated carbocycles. The number of hydrogen-bond acceptors (Lipinski definition) is 2. The molecule has 1 aliphatic carbocycles. The Morgan fingerprint density at radius 1 is 1.25 bits per heavy atom. The van der Waals surface area contributed by atoms with Crippen molar-refractivity contribution in [1.82, 2.24) is 9.78 Å². The smallest absolute Gasteiger partial charge is 0.339 e. The molecule has 0 unspecified atom stereocenters. The molecule has 0 aromatic heterocycles. The van der Waals surface area contributed by atoms with E-state index in [4.69, 9.17) is 5.73 Å². The normalized spacial score (nSPS) is 11.0. The highest BCUT2D eigenvalue weighted by atomic mass is 16.2. The lowest BCUT2D eigenvalue weighted by molar-refractivity contribution is 0.247. The van der Waals surface area contributed by atoms with Crippen molar-refractivity contribution in [1.29, 1.82) is 0 Å². The number of aromatic nitrogens is 2. The van der Waals surface area contributed by atoms with Crippen LogP contribution in [0.2, 0.25) is 0 Å². The van der Waals surface area contributed by atoms with Gasteiger partial charge in [0, 0.05) is 17.1 Å². The van der Waals surface area contributed by atoms with Gasteiger partial charge in [0.15, 0.2) is 0 Å². The highest BCUT2D eigenvalue weighted by molar-refractivity contribution is 6.00. The van der Waals surface area contributed by atoms with Gasteiger partial charge in [-0.15, -0.1) is 0 Å². The maximum absolute atomic E-state index is 11.0. The lowest BCUT2D eigenvalue weighted by atomic mass is 10.2. The van der Waals surface area contributed by atoms with Gasteiger partial charge in [-0.05, 0) is 17.5 Å². The minimum absolute atomic E-state index is 0.577. The highest BCUT2D eigenvalue weighted by Gasteiger charge is 2.12. The van der Waals surface area contributed by atoms with E-state index in [-0.39, 0.29) is 0 Å². The molecule has 1 aromatic carbocycles. The van der Waals surface area contributed by atoms with Crippen molar-refractivity contribution < 1.29 is 4.79 Å². The summed E-state index contributed by atoms with van der Waals surface area (Å²) < 4.78 is 1.15. The van der Waals surface area contributed by atoms with Crippen LogP contribution in [0.4, 0.5) is 4.79 Å². The summed E-state index contributed by atoms with van der Waals surface area (Å²) in [6, 6.07) is 11.2. The van der Waals surface area contributed by atoms with Gasteiger partial charge in [-0.25, -0.2) is 4.79 Å². The number of carbonyl (C=O) groups is 1. The van der Waals surface area contributed by atoms with Crippen LogP contribution in [0.3, 0.4) is 0 Å². The maximum Gasteiger partial charge on any atom is 0.339 e. The number of hydrogen-bond donors (Lipinski definition) is 1. The molecule has 2 N–H and O–H groups in total. The molecular weight excluding hydrogens is 202 g/mol. The van der Waals surface area contributed by atoms with Gasteiger partial charge in [0.05, 0.1) is 5.69 Å². The Bertz CT molecular complexity index is 656. The summed E-state index contributed by atoms with van der Waals surface area (Å²) in [6.07, 6.45) is 1.57. The number of nitrogens with two attached hydrogens (primary N) is 1. The molecule has 1 amide bonds. The van der Waals surface area contributed by atoms with Gasteiger partial charge in [0.2, 0.25) is 0 Å². The summed E-state index contributed by atoms with van der Waals surface area (Å²) in [6.45, 7) is 0. The van der Waals surface area contributed by atoms with Crippen LogP contribution < -0.4 is 5.73 Å². The second-order valence-corrected chi connectivity index (χ2v) is 3.63. The highest BCUT2D eigenvalue weighted by Crippen LogP contribution is 2.31. The van der Waals surface area contributed by atoms with Crippen molar-refractivity contribution in [3.05, 3.63) is 42.6 Å². The number of rotatable bonds is 0. The van der Waals surface area contributed by atoms with Gasteiger partial charge in [0.1, 0.15) is 0 Å². The minimum Gasteiger partial charge on any atom is -0.350 e. The summed E-state index contributed by atoms with van der Waals surface area (Å²) >= 11 is 0. The molecule has 0 spiro atoms. The molecule has 0 bridgehead atoms. The molecule has 0 radical (unpaired) electrons.